The molecule has 1 aliphatic rings. The Morgan fingerprint density at radius 1 is 1.32 bits per heavy atom. The summed E-state index contributed by atoms with van der Waals surface area (Å²) in [6, 6.07) is 3.55. The molecule has 0 aliphatic heterocycles. The van der Waals surface area contributed by atoms with Crippen molar-refractivity contribution in [3.63, 3.8) is 0 Å². The number of nitrogens with zero attached hydrogens (tertiary/aromatic N) is 3. The third kappa shape index (κ3) is 5.93. The first-order valence-corrected chi connectivity index (χ1v) is 14.6. The van der Waals surface area contributed by atoms with Gasteiger partial charge >= 0.3 is 6.09 Å². The SMILES string of the molecule is Cc1c(C2([C@H](C)N[S@+]([O-])C(C)(C)C)CC2)sc2c(N(Cc3ccco3)C(=O)OC(C)(C)C)nc(Cl)nc12. The predicted octanol–water partition coefficient (Wildman–Crippen LogP) is 6.66. The number of hydrogen-bond acceptors (Lipinski definition) is 8. The molecule has 0 bridgehead atoms. The standard InChI is InChI=1S/C26H35ClN4O4S2/c1-15-18-19(36-20(15)26(11-12-26)16(2)30-37(33)25(6,7)8)21(29-22(27)28-18)31(14-17-10-9-13-34-17)23(32)35-24(3,4)5/h9-10,13,16,30H,11-12,14H2,1-8H3/t16-,37+/m0/s1. The Kier molecular flexibility index (Phi) is 7.64. The van der Waals surface area contributed by atoms with Crippen LogP contribution in [0.3, 0.4) is 0 Å². The van der Waals surface area contributed by atoms with E-state index in [4.69, 9.17) is 20.8 Å². The minimum absolute atomic E-state index is 0.0173. The summed E-state index contributed by atoms with van der Waals surface area (Å²) in [5, 5.41) is 0.0489. The summed E-state index contributed by atoms with van der Waals surface area (Å²) < 4.78 is 27.8. The van der Waals surface area contributed by atoms with Crippen molar-refractivity contribution in [3.8, 4) is 0 Å². The maximum Gasteiger partial charge on any atom is 0.416 e. The molecule has 0 saturated heterocycles. The number of thiophene rings is 1. The number of ether oxygens (including phenoxy) is 1. The van der Waals surface area contributed by atoms with Crippen LogP contribution in [0.2, 0.25) is 5.28 Å². The number of aromatic nitrogens is 2. The quantitative estimate of drug-likeness (QED) is 0.252. The molecule has 1 N–H and O–H groups in total. The zero-order chi connectivity index (χ0) is 27.3. The average molecular weight is 567 g/mol. The van der Waals surface area contributed by atoms with Gasteiger partial charge in [-0.05, 0) is 97.5 Å². The lowest BCUT2D eigenvalue weighted by molar-refractivity contribution is 0.0574. The fourth-order valence-electron chi connectivity index (χ4n) is 4.25. The molecule has 0 aromatic carbocycles. The Morgan fingerprint density at radius 3 is 2.54 bits per heavy atom. The van der Waals surface area contributed by atoms with Gasteiger partial charge in [0, 0.05) is 21.7 Å². The summed E-state index contributed by atoms with van der Waals surface area (Å²) in [5.41, 5.74) is 0.837. The normalized spacial score (nSPS) is 17.0. The number of halogens is 1. The molecular formula is C26H35ClN4O4S2. The van der Waals surface area contributed by atoms with Crippen molar-refractivity contribution in [2.24, 2.45) is 0 Å². The topological polar surface area (TPSA) is 104 Å². The van der Waals surface area contributed by atoms with Crippen LogP contribution >= 0.6 is 22.9 Å². The minimum Gasteiger partial charge on any atom is -0.598 e. The van der Waals surface area contributed by atoms with Crippen LogP contribution in [0.1, 0.15) is 77.5 Å². The molecule has 3 heterocycles. The van der Waals surface area contributed by atoms with E-state index in [1.165, 1.54) is 4.90 Å². The van der Waals surface area contributed by atoms with Gasteiger partial charge in [0.05, 0.1) is 29.1 Å². The van der Waals surface area contributed by atoms with Crippen LogP contribution in [0.25, 0.3) is 10.2 Å². The second-order valence-corrected chi connectivity index (χ2v) is 14.9. The Hall–Kier alpha value is -1.85. The number of hydrogen-bond donors (Lipinski definition) is 1. The molecule has 1 aliphatic carbocycles. The van der Waals surface area contributed by atoms with E-state index < -0.39 is 23.1 Å². The van der Waals surface area contributed by atoms with Crippen molar-refractivity contribution < 1.29 is 18.5 Å². The van der Waals surface area contributed by atoms with Gasteiger partial charge in [0.15, 0.2) is 5.82 Å². The van der Waals surface area contributed by atoms with Crippen LogP contribution in [0.4, 0.5) is 10.6 Å². The van der Waals surface area contributed by atoms with Crippen molar-refractivity contribution in [1.29, 1.82) is 0 Å². The van der Waals surface area contributed by atoms with E-state index in [2.05, 4.69) is 21.6 Å². The molecule has 4 rings (SSSR count). The van der Waals surface area contributed by atoms with Crippen LogP contribution in [-0.4, -0.2) is 37.0 Å². The molecule has 1 fully saturated rings. The lowest BCUT2D eigenvalue weighted by atomic mass is 9.94. The van der Waals surface area contributed by atoms with E-state index in [0.29, 0.717) is 17.1 Å². The smallest absolute Gasteiger partial charge is 0.416 e. The molecule has 202 valence electrons. The zero-order valence-corrected chi connectivity index (χ0v) is 25.0. The van der Waals surface area contributed by atoms with Gasteiger partial charge in [0.2, 0.25) is 5.28 Å². The number of nitrogens with one attached hydrogen (secondary N) is 1. The third-order valence-electron chi connectivity index (χ3n) is 6.39. The Morgan fingerprint density at radius 2 is 2.00 bits per heavy atom. The molecule has 0 unspecified atom stereocenters. The number of rotatable bonds is 7. The maximum absolute atomic E-state index is 13.4. The Bertz CT molecular complexity index is 1280. The summed E-state index contributed by atoms with van der Waals surface area (Å²) in [4.78, 5) is 25.0. The second-order valence-electron chi connectivity index (χ2n) is 11.6. The molecule has 3 aromatic rings. The Labute approximate surface area is 230 Å². The number of fused-ring (bicyclic) bond motifs is 1. The van der Waals surface area contributed by atoms with Crippen molar-refractivity contribution in [3.05, 3.63) is 39.9 Å². The van der Waals surface area contributed by atoms with Crippen LogP contribution in [-0.2, 0) is 28.1 Å². The van der Waals surface area contributed by atoms with Crippen molar-refractivity contribution >= 4 is 56.4 Å². The fraction of sp³-hybridized carbons (Fsp3) is 0.577. The van der Waals surface area contributed by atoms with Crippen molar-refractivity contribution in [1.82, 2.24) is 14.7 Å². The summed E-state index contributed by atoms with van der Waals surface area (Å²) >= 11 is 6.78. The number of anilines is 1. The molecule has 3 aromatic heterocycles. The first-order valence-electron chi connectivity index (χ1n) is 12.3. The minimum atomic E-state index is -1.20. The number of carbonyl (C=O) groups excluding carboxylic acids is 1. The summed E-state index contributed by atoms with van der Waals surface area (Å²) in [6.07, 6.45) is 2.94. The van der Waals surface area contributed by atoms with Crippen LogP contribution in [0.15, 0.2) is 22.8 Å². The van der Waals surface area contributed by atoms with Crippen LogP contribution < -0.4 is 9.62 Å². The van der Waals surface area contributed by atoms with Gasteiger partial charge < -0.3 is 13.7 Å². The van der Waals surface area contributed by atoms with E-state index in [-0.39, 0.29) is 28.0 Å². The summed E-state index contributed by atoms with van der Waals surface area (Å²) in [6.45, 7) is 15.6. The van der Waals surface area contributed by atoms with Gasteiger partial charge in [0.25, 0.3) is 0 Å². The van der Waals surface area contributed by atoms with Crippen molar-refractivity contribution in [2.75, 3.05) is 4.90 Å². The van der Waals surface area contributed by atoms with Crippen LogP contribution in [0.5, 0.6) is 0 Å². The van der Waals surface area contributed by atoms with Gasteiger partial charge in [-0.15, -0.1) is 16.1 Å². The van der Waals surface area contributed by atoms with Crippen LogP contribution in [0, 0.1) is 6.92 Å². The molecule has 0 spiro atoms. The maximum atomic E-state index is 13.4. The van der Waals surface area contributed by atoms with Gasteiger partial charge in [0.1, 0.15) is 16.1 Å². The molecule has 11 heteroatoms. The summed E-state index contributed by atoms with van der Waals surface area (Å²) in [5.74, 6) is 0.970. The highest BCUT2D eigenvalue weighted by atomic mass is 35.5. The lowest BCUT2D eigenvalue weighted by Gasteiger charge is -2.30. The molecule has 37 heavy (non-hydrogen) atoms. The molecule has 8 nitrogen and oxygen atoms in total. The highest BCUT2D eigenvalue weighted by molar-refractivity contribution is 7.90. The summed E-state index contributed by atoms with van der Waals surface area (Å²) in [7, 11) is 0. The molecule has 0 radical (unpaired) electrons. The third-order valence-corrected chi connectivity index (χ3v) is 9.74. The number of aryl methyl sites for hydroxylation is 1. The molecular weight excluding hydrogens is 532 g/mol. The van der Waals surface area contributed by atoms with Gasteiger partial charge in [-0.25, -0.2) is 9.78 Å². The lowest BCUT2D eigenvalue weighted by Crippen LogP contribution is -2.48. The highest BCUT2D eigenvalue weighted by Crippen LogP contribution is 2.56. The molecule has 1 saturated carbocycles. The molecule has 1 amide bonds. The second kappa shape index (κ2) is 10.0. The van der Waals surface area contributed by atoms with E-state index in [9.17, 15) is 9.35 Å². The first kappa shape index (κ1) is 28.2. The van der Waals surface area contributed by atoms with E-state index >= 15 is 0 Å². The Balaban J connectivity index is 1.79. The number of amides is 1. The van der Waals surface area contributed by atoms with E-state index in [1.807, 2.05) is 48.5 Å². The van der Waals surface area contributed by atoms with E-state index in [1.54, 1.807) is 29.7 Å². The average Bonchev–Trinajstić information content (AvgIpc) is 3.28. The monoisotopic (exact) mass is 566 g/mol. The van der Waals surface area contributed by atoms with Gasteiger partial charge in [-0.1, -0.05) is 0 Å². The first-order chi connectivity index (χ1) is 17.1. The van der Waals surface area contributed by atoms with Gasteiger partial charge in [-0.2, -0.15) is 4.98 Å². The largest absolute Gasteiger partial charge is 0.598 e. The molecule has 2 atom stereocenters. The van der Waals surface area contributed by atoms with E-state index in [0.717, 1.165) is 28.0 Å². The number of carbonyl (C=O) groups is 1. The highest BCUT2D eigenvalue weighted by Gasteiger charge is 2.53. The van der Waals surface area contributed by atoms with Gasteiger partial charge in [-0.3, -0.25) is 4.90 Å². The predicted molar refractivity (Wildman–Crippen MR) is 150 cm³/mol. The fourth-order valence-corrected chi connectivity index (χ4v) is 6.89. The van der Waals surface area contributed by atoms with Crippen molar-refractivity contribution in [2.45, 2.75) is 96.6 Å². The number of furan rings is 1. The zero-order valence-electron chi connectivity index (χ0n) is 22.6.